The molecule has 6 aliphatic rings. The number of aliphatic hydroxyl groups is 1. The van der Waals surface area contributed by atoms with Crippen molar-refractivity contribution >= 4 is 34.9 Å². The van der Waals surface area contributed by atoms with Crippen molar-refractivity contribution in [3.05, 3.63) is 129 Å². The lowest BCUT2D eigenvalue weighted by atomic mass is 9.85. The molecule has 1 aliphatic carbocycles. The van der Waals surface area contributed by atoms with Gasteiger partial charge < -0.3 is 19.9 Å². The summed E-state index contributed by atoms with van der Waals surface area (Å²) in [5.41, 5.74) is 10.0. The Morgan fingerprint density at radius 1 is 0.877 bits per heavy atom. The third-order valence-corrected chi connectivity index (χ3v) is 14.0. The van der Waals surface area contributed by atoms with Gasteiger partial charge in [-0.3, -0.25) is 14.4 Å². The second-order valence-electron chi connectivity index (χ2n) is 19.2. The molecule has 1 saturated heterocycles. The number of methoxy groups -OCH3 is 1. The van der Waals surface area contributed by atoms with E-state index in [9.17, 15) is 19.5 Å². The molecule has 0 amide bonds. The molecule has 65 heavy (non-hydrogen) atoms. The van der Waals surface area contributed by atoms with Gasteiger partial charge in [0.1, 0.15) is 5.92 Å². The SMILES string of the molecule is C=CC1=C(C)C2=NC1=CC1=NC(=C(C=C)/C1=C\O)C=C1N=C3C(=C1C)C(=O)[C@H](C(=O)OC)C3=C1NC(=C2)[C@@H](C)[C@@H]1CCC(=O)OCC/C(C)=C/CC[C@@H](C)CCC[C@H](C)CCCC(C)C. The number of hydrogen-bond acceptors (Lipinski definition) is 10. The number of fused-ring (bicyclic) bond motifs is 5. The molecule has 8 bridgehead atoms. The summed E-state index contributed by atoms with van der Waals surface area (Å²) < 4.78 is 11.1. The van der Waals surface area contributed by atoms with Crippen LogP contribution in [0.3, 0.4) is 0 Å². The molecule has 6 rings (SSSR count). The molecule has 0 aromatic heterocycles. The number of allylic oxidation sites excluding steroid dienone is 13. The Labute approximate surface area is 387 Å². The summed E-state index contributed by atoms with van der Waals surface area (Å²) >= 11 is 0. The van der Waals surface area contributed by atoms with E-state index in [1.54, 1.807) is 18.2 Å². The molecule has 10 heteroatoms. The summed E-state index contributed by atoms with van der Waals surface area (Å²) in [6, 6.07) is 0. The molecule has 5 heterocycles. The van der Waals surface area contributed by atoms with Gasteiger partial charge in [0.25, 0.3) is 0 Å². The monoisotopic (exact) mass is 883 g/mol. The van der Waals surface area contributed by atoms with E-state index in [0.29, 0.717) is 93.2 Å². The summed E-state index contributed by atoms with van der Waals surface area (Å²) in [6.07, 6.45) is 23.5. The zero-order chi connectivity index (χ0) is 47.1. The summed E-state index contributed by atoms with van der Waals surface area (Å²) in [5, 5.41) is 14.0. The minimum absolute atomic E-state index is 0.139. The van der Waals surface area contributed by atoms with E-state index in [2.05, 4.69) is 66.1 Å². The number of hydrogen-bond donors (Lipinski definition) is 2. The predicted molar refractivity (Wildman–Crippen MR) is 262 cm³/mol. The van der Waals surface area contributed by atoms with Gasteiger partial charge in [0, 0.05) is 63.9 Å². The van der Waals surface area contributed by atoms with Crippen LogP contribution in [-0.2, 0) is 23.9 Å². The van der Waals surface area contributed by atoms with Crippen LogP contribution in [0.1, 0.15) is 126 Å². The molecule has 5 aliphatic heterocycles. The maximum atomic E-state index is 14.4. The van der Waals surface area contributed by atoms with Crippen LogP contribution in [0.25, 0.3) is 0 Å². The second kappa shape index (κ2) is 21.6. The quantitative estimate of drug-likeness (QED) is 0.0537. The fourth-order valence-electron chi connectivity index (χ4n) is 9.88. The predicted octanol–water partition coefficient (Wildman–Crippen LogP) is 11.9. The number of rotatable bonds is 20. The van der Waals surface area contributed by atoms with Crippen LogP contribution >= 0.6 is 0 Å². The molecule has 1 saturated carbocycles. The van der Waals surface area contributed by atoms with Crippen molar-refractivity contribution in [2.45, 2.75) is 126 Å². The Balaban J connectivity index is 1.21. The van der Waals surface area contributed by atoms with E-state index in [0.717, 1.165) is 47.8 Å². The topological polar surface area (TPSA) is 139 Å². The van der Waals surface area contributed by atoms with Crippen LogP contribution in [0.5, 0.6) is 0 Å². The first kappa shape index (κ1) is 48.8. The van der Waals surface area contributed by atoms with Gasteiger partial charge in [0.15, 0.2) is 5.78 Å². The Bertz CT molecular complexity index is 2380. The Morgan fingerprint density at radius 2 is 1.57 bits per heavy atom. The summed E-state index contributed by atoms with van der Waals surface area (Å²) in [6.45, 7) is 25.7. The van der Waals surface area contributed by atoms with Gasteiger partial charge >= 0.3 is 11.9 Å². The van der Waals surface area contributed by atoms with Crippen LogP contribution in [0.4, 0.5) is 0 Å². The minimum atomic E-state index is -1.24. The van der Waals surface area contributed by atoms with Crippen molar-refractivity contribution in [3.8, 4) is 0 Å². The van der Waals surface area contributed by atoms with Crippen molar-refractivity contribution in [2.24, 2.45) is 50.5 Å². The molecule has 0 unspecified atom stereocenters. The van der Waals surface area contributed by atoms with Crippen LogP contribution in [0, 0.1) is 35.5 Å². The Hall–Kier alpha value is -5.64. The highest BCUT2D eigenvalue weighted by molar-refractivity contribution is 6.42. The first-order chi connectivity index (χ1) is 31.1. The maximum absolute atomic E-state index is 14.4. The second-order valence-corrected chi connectivity index (χ2v) is 19.2. The molecule has 346 valence electrons. The number of Topliss-reactive ketones (excluding diaryl/α,β-unsaturated/α-hetero) is 1. The maximum Gasteiger partial charge on any atom is 0.321 e. The van der Waals surface area contributed by atoms with Gasteiger partial charge in [0.2, 0.25) is 0 Å². The number of nitrogens with one attached hydrogen (secondary N) is 1. The zero-order valence-electron chi connectivity index (χ0n) is 40.2. The van der Waals surface area contributed by atoms with Crippen LogP contribution in [0.2, 0.25) is 0 Å². The van der Waals surface area contributed by atoms with E-state index in [1.807, 2.05) is 26.0 Å². The van der Waals surface area contributed by atoms with E-state index < -0.39 is 17.7 Å². The molecule has 2 N–H and O–H groups in total. The van der Waals surface area contributed by atoms with Crippen LogP contribution < -0.4 is 5.32 Å². The molecule has 10 nitrogen and oxygen atoms in total. The third kappa shape index (κ3) is 10.7. The van der Waals surface area contributed by atoms with E-state index >= 15 is 0 Å². The van der Waals surface area contributed by atoms with Crippen LogP contribution in [0.15, 0.2) is 144 Å². The smallest absolute Gasteiger partial charge is 0.321 e. The molecular formula is C55H70N4O6. The largest absolute Gasteiger partial charge is 0.515 e. The highest BCUT2D eigenvalue weighted by Gasteiger charge is 2.52. The van der Waals surface area contributed by atoms with Gasteiger partial charge in [0.05, 0.1) is 54.2 Å². The fourth-order valence-corrected chi connectivity index (χ4v) is 9.88. The molecule has 0 aromatic rings. The average molecular weight is 883 g/mol. The van der Waals surface area contributed by atoms with Gasteiger partial charge in [-0.1, -0.05) is 110 Å². The molecule has 0 spiro atoms. The average Bonchev–Trinajstić information content (AvgIpc) is 4.02. The van der Waals surface area contributed by atoms with Gasteiger partial charge in [-0.2, -0.15) is 0 Å². The Morgan fingerprint density at radius 3 is 2.23 bits per heavy atom. The van der Waals surface area contributed by atoms with Gasteiger partial charge in [-0.25, -0.2) is 15.0 Å². The molecule has 0 radical (unpaired) electrons. The molecular weight excluding hydrogens is 813 g/mol. The number of nitrogens with zero attached hydrogens (tertiary/aromatic N) is 3. The summed E-state index contributed by atoms with van der Waals surface area (Å²) in [5.74, 6) is -0.814. The number of carbonyl (C=O) groups is 3. The van der Waals surface area contributed by atoms with Crippen molar-refractivity contribution in [3.63, 3.8) is 0 Å². The number of ether oxygens (including phenoxy) is 2. The lowest BCUT2D eigenvalue weighted by molar-refractivity contribution is -0.146. The number of carbonyl (C=O) groups excluding carboxylic acids is 3. The Kier molecular flexibility index (Phi) is 16.2. The van der Waals surface area contributed by atoms with Crippen molar-refractivity contribution in [1.82, 2.24) is 5.32 Å². The molecule has 0 aromatic carbocycles. The van der Waals surface area contributed by atoms with Crippen molar-refractivity contribution in [2.75, 3.05) is 13.7 Å². The highest BCUT2D eigenvalue weighted by atomic mass is 16.5. The first-order valence-electron chi connectivity index (χ1n) is 23.7. The summed E-state index contributed by atoms with van der Waals surface area (Å²) in [4.78, 5) is 56.3. The van der Waals surface area contributed by atoms with Crippen LogP contribution in [-0.4, -0.2) is 53.7 Å². The van der Waals surface area contributed by atoms with Crippen molar-refractivity contribution < 1.29 is 29.0 Å². The van der Waals surface area contributed by atoms with Gasteiger partial charge in [-0.15, -0.1) is 0 Å². The minimum Gasteiger partial charge on any atom is -0.515 e. The fraction of sp³-hybridized carbons (Fsp3) is 0.491. The highest BCUT2D eigenvalue weighted by Crippen LogP contribution is 2.47. The first-order valence-corrected chi connectivity index (χ1v) is 23.7. The standard InChI is InChI=1S/C55H70N4O6/c1-12-38-35(8)42-27-43-36(9)40(23-24-48(61)65-26-25-34(7)22-16-21-33(6)20-15-19-32(5)18-14-17-31(3)4)52(58-43)50-51(55(63)64-11)54(62)49-37(10)44(59-53(49)50)28-46-39(13-2)41(30-60)47(57-46)29-45(38)56-42/h12-13,22,27-33,36,40,51,58,60H,1-2,14-21,23-26H2,3-11H3/b34-22+,41-30+,43-27?,44-28?,45-29?,52-50?/t32-,33+,36+,40+,51-/m1/s1. The number of ketones is 1. The zero-order valence-corrected chi connectivity index (χ0v) is 40.2. The van der Waals surface area contributed by atoms with Gasteiger partial charge in [-0.05, 0) is 87.2 Å². The number of aliphatic hydroxyl groups excluding tert-OH is 1. The van der Waals surface area contributed by atoms with Crippen molar-refractivity contribution in [1.29, 1.82) is 0 Å². The van der Waals surface area contributed by atoms with E-state index in [-0.39, 0.29) is 24.2 Å². The number of aliphatic imine (C=N–C) groups is 3. The van der Waals surface area contributed by atoms with E-state index in [1.165, 1.54) is 51.2 Å². The third-order valence-electron chi connectivity index (χ3n) is 14.0. The summed E-state index contributed by atoms with van der Waals surface area (Å²) in [7, 11) is 1.28. The molecule has 5 atom stereocenters. The lowest BCUT2D eigenvalue weighted by Crippen LogP contribution is -2.26. The number of esters is 2. The normalized spacial score (nSPS) is 23.1. The lowest BCUT2D eigenvalue weighted by Gasteiger charge is -2.19. The molecule has 2 fully saturated rings. The van der Waals surface area contributed by atoms with E-state index in [4.69, 9.17) is 24.5 Å².